The van der Waals surface area contributed by atoms with Gasteiger partial charge in [0.15, 0.2) is 0 Å². The molecule has 2 rings (SSSR count). The maximum Gasteiger partial charge on any atom is 0.0974 e. The molecule has 1 aliphatic rings. The molecule has 1 aliphatic carbocycles. The molecule has 2 N–H and O–H groups in total. The molecule has 12 heavy (non-hydrogen) atoms. The molecular weight excluding hydrogens is 174 g/mol. The van der Waals surface area contributed by atoms with E-state index in [0.29, 0.717) is 6.04 Å². The fraction of sp³-hybridized carbons (Fsp3) is 0.625. The molecule has 0 aromatic carbocycles. The molecule has 1 atom stereocenters. The van der Waals surface area contributed by atoms with E-state index in [0.717, 1.165) is 10.7 Å². The Bertz CT molecular complexity index is 267. The van der Waals surface area contributed by atoms with Crippen molar-refractivity contribution in [1.29, 1.82) is 0 Å². The van der Waals surface area contributed by atoms with Crippen molar-refractivity contribution in [2.75, 3.05) is 0 Å². The van der Waals surface area contributed by atoms with E-state index in [4.69, 9.17) is 11.6 Å². The molecule has 0 spiro atoms. The molecule has 0 saturated heterocycles. The number of halogens is 1. The van der Waals surface area contributed by atoms with Crippen molar-refractivity contribution in [3.63, 3.8) is 0 Å². The van der Waals surface area contributed by atoms with Gasteiger partial charge in [-0.2, -0.15) is 5.10 Å². The lowest BCUT2D eigenvalue weighted by atomic mass is 10.2. The van der Waals surface area contributed by atoms with Crippen LogP contribution in [0.3, 0.4) is 0 Å². The van der Waals surface area contributed by atoms with Crippen LogP contribution in [0.15, 0.2) is 6.20 Å². The van der Waals surface area contributed by atoms with E-state index in [2.05, 4.69) is 22.4 Å². The van der Waals surface area contributed by atoms with Crippen LogP contribution in [0.2, 0.25) is 5.02 Å². The average molecular weight is 186 g/mol. The first-order valence-corrected chi connectivity index (χ1v) is 4.60. The Morgan fingerprint density at radius 2 is 2.50 bits per heavy atom. The van der Waals surface area contributed by atoms with E-state index < -0.39 is 0 Å². The summed E-state index contributed by atoms with van der Waals surface area (Å²) in [5.74, 6) is 0. The number of hydrogen-bond acceptors (Lipinski definition) is 2. The van der Waals surface area contributed by atoms with Crippen molar-refractivity contribution in [2.45, 2.75) is 31.8 Å². The van der Waals surface area contributed by atoms with Gasteiger partial charge in [-0.25, -0.2) is 0 Å². The lowest BCUT2D eigenvalue weighted by Gasteiger charge is -2.09. The van der Waals surface area contributed by atoms with Gasteiger partial charge in [-0.15, -0.1) is 0 Å². The third-order valence-corrected chi connectivity index (χ3v) is 2.40. The van der Waals surface area contributed by atoms with E-state index in [-0.39, 0.29) is 6.04 Å². The Labute approximate surface area is 76.5 Å². The van der Waals surface area contributed by atoms with Gasteiger partial charge >= 0.3 is 0 Å². The van der Waals surface area contributed by atoms with Crippen molar-refractivity contribution < 1.29 is 0 Å². The molecule has 1 aromatic heterocycles. The minimum atomic E-state index is 0.260. The van der Waals surface area contributed by atoms with E-state index in [1.54, 1.807) is 6.20 Å². The molecule has 0 radical (unpaired) electrons. The molecule has 1 heterocycles. The summed E-state index contributed by atoms with van der Waals surface area (Å²) < 4.78 is 0. The third kappa shape index (κ3) is 1.62. The summed E-state index contributed by atoms with van der Waals surface area (Å²) in [6.07, 6.45) is 4.28. The fourth-order valence-electron chi connectivity index (χ4n) is 1.27. The first kappa shape index (κ1) is 8.08. The summed E-state index contributed by atoms with van der Waals surface area (Å²) in [7, 11) is 0. The van der Waals surface area contributed by atoms with E-state index in [1.165, 1.54) is 12.8 Å². The summed E-state index contributed by atoms with van der Waals surface area (Å²) in [6, 6.07) is 0.948. The Hall–Kier alpha value is -0.540. The molecule has 1 saturated carbocycles. The van der Waals surface area contributed by atoms with Crippen LogP contribution in [0, 0.1) is 0 Å². The molecule has 66 valence electrons. The molecule has 0 bridgehead atoms. The van der Waals surface area contributed by atoms with Gasteiger partial charge < -0.3 is 5.32 Å². The SMILES string of the molecule is CC(NC1CC1)c1n[nH]cc1Cl. The van der Waals surface area contributed by atoms with Gasteiger partial charge in [0.25, 0.3) is 0 Å². The number of nitrogens with zero attached hydrogens (tertiary/aromatic N) is 1. The van der Waals surface area contributed by atoms with Crippen LogP contribution in [0.4, 0.5) is 0 Å². The van der Waals surface area contributed by atoms with Crippen LogP contribution < -0.4 is 5.32 Å². The van der Waals surface area contributed by atoms with Gasteiger partial charge in [-0.05, 0) is 19.8 Å². The summed E-state index contributed by atoms with van der Waals surface area (Å²) in [4.78, 5) is 0. The Kier molecular flexibility index (Phi) is 2.07. The smallest absolute Gasteiger partial charge is 0.0974 e. The van der Waals surface area contributed by atoms with Crippen LogP contribution in [0.1, 0.15) is 31.5 Å². The van der Waals surface area contributed by atoms with Crippen molar-refractivity contribution >= 4 is 11.6 Å². The maximum atomic E-state index is 5.90. The highest BCUT2D eigenvalue weighted by atomic mass is 35.5. The number of hydrogen-bond donors (Lipinski definition) is 2. The molecule has 3 nitrogen and oxygen atoms in total. The lowest BCUT2D eigenvalue weighted by Crippen LogP contribution is -2.21. The first-order chi connectivity index (χ1) is 5.77. The van der Waals surface area contributed by atoms with Crippen molar-refractivity contribution in [2.24, 2.45) is 0 Å². The Morgan fingerprint density at radius 1 is 1.75 bits per heavy atom. The number of aromatic amines is 1. The second kappa shape index (κ2) is 3.07. The van der Waals surface area contributed by atoms with Gasteiger partial charge in [0.1, 0.15) is 0 Å². The van der Waals surface area contributed by atoms with E-state index in [1.807, 2.05) is 0 Å². The van der Waals surface area contributed by atoms with Gasteiger partial charge in [-0.1, -0.05) is 11.6 Å². The molecule has 4 heteroatoms. The van der Waals surface area contributed by atoms with Crippen LogP contribution in [-0.4, -0.2) is 16.2 Å². The molecular formula is C8H12ClN3. The second-order valence-electron chi connectivity index (χ2n) is 3.28. The third-order valence-electron chi connectivity index (χ3n) is 2.09. The van der Waals surface area contributed by atoms with Crippen molar-refractivity contribution in [1.82, 2.24) is 15.5 Å². The van der Waals surface area contributed by atoms with Crippen molar-refractivity contribution in [3.8, 4) is 0 Å². The predicted molar refractivity (Wildman–Crippen MR) is 48.2 cm³/mol. The quantitative estimate of drug-likeness (QED) is 0.755. The molecule has 0 amide bonds. The van der Waals surface area contributed by atoms with Crippen LogP contribution in [-0.2, 0) is 0 Å². The summed E-state index contributed by atoms with van der Waals surface area (Å²) in [5.41, 5.74) is 0.920. The number of aromatic nitrogens is 2. The van der Waals surface area contributed by atoms with Crippen LogP contribution >= 0.6 is 11.6 Å². The van der Waals surface area contributed by atoms with E-state index >= 15 is 0 Å². The highest BCUT2D eigenvalue weighted by molar-refractivity contribution is 6.31. The van der Waals surface area contributed by atoms with Gasteiger partial charge in [-0.3, -0.25) is 5.10 Å². The standard InChI is InChI=1S/C8H12ClN3/c1-5(11-6-2-3-6)8-7(9)4-10-12-8/h4-6,11H,2-3H2,1H3,(H,10,12). The number of H-pyrrole nitrogens is 1. The molecule has 1 aromatic rings. The predicted octanol–water partition coefficient (Wildman–Crippen LogP) is 1.88. The highest BCUT2D eigenvalue weighted by Gasteiger charge is 2.24. The molecule has 0 aliphatic heterocycles. The monoisotopic (exact) mass is 185 g/mol. The fourth-order valence-corrected chi connectivity index (χ4v) is 1.53. The lowest BCUT2D eigenvalue weighted by molar-refractivity contribution is 0.557. The number of rotatable bonds is 3. The van der Waals surface area contributed by atoms with Crippen LogP contribution in [0.5, 0.6) is 0 Å². The minimum absolute atomic E-state index is 0.260. The van der Waals surface area contributed by atoms with Gasteiger partial charge in [0, 0.05) is 12.2 Å². The van der Waals surface area contributed by atoms with Gasteiger partial charge in [0.2, 0.25) is 0 Å². The summed E-state index contributed by atoms with van der Waals surface area (Å²) >= 11 is 5.90. The topological polar surface area (TPSA) is 40.7 Å². The second-order valence-corrected chi connectivity index (χ2v) is 3.69. The average Bonchev–Trinajstić information content (AvgIpc) is 2.72. The highest BCUT2D eigenvalue weighted by Crippen LogP contribution is 2.25. The normalized spacial score (nSPS) is 19.5. The van der Waals surface area contributed by atoms with Crippen LogP contribution in [0.25, 0.3) is 0 Å². The van der Waals surface area contributed by atoms with Gasteiger partial charge in [0.05, 0.1) is 16.8 Å². The minimum Gasteiger partial charge on any atom is -0.306 e. The Morgan fingerprint density at radius 3 is 3.00 bits per heavy atom. The zero-order valence-corrected chi connectivity index (χ0v) is 7.73. The summed E-state index contributed by atoms with van der Waals surface area (Å²) in [5, 5.41) is 11.0. The Balaban J connectivity index is 2.02. The molecule has 1 fully saturated rings. The zero-order chi connectivity index (χ0) is 8.55. The maximum absolute atomic E-state index is 5.90. The summed E-state index contributed by atoms with van der Waals surface area (Å²) in [6.45, 7) is 2.08. The first-order valence-electron chi connectivity index (χ1n) is 4.22. The van der Waals surface area contributed by atoms with Crippen molar-refractivity contribution in [3.05, 3.63) is 16.9 Å². The van der Waals surface area contributed by atoms with E-state index in [9.17, 15) is 0 Å². The molecule has 1 unspecified atom stereocenters. The number of nitrogens with one attached hydrogen (secondary N) is 2. The zero-order valence-electron chi connectivity index (χ0n) is 6.97. The largest absolute Gasteiger partial charge is 0.306 e.